The highest BCUT2D eigenvalue weighted by Crippen LogP contribution is 2.16. The lowest BCUT2D eigenvalue weighted by atomic mass is 10.2. The predicted octanol–water partition coefficient (Wildman–Crippen LogP) is 3.31. The van der Waals surface area contributed by atoms with Crippen LogP contribution in [-0.2, 0) is 0 Å². The molecule has 0 unspecified atom stereocenters. The van der Waals surface area contributed by atoms with E-state index in [9.17, 15) is 5.21 Å². The van der Waals surface area contributed by atoms with Crippen LogP contribution in [0, 0.1) is 5.21 Å². The molecular weight excluding hydrogens is 238 g/mol. The number of hydrogen-bond donors (Lipinski definition) is 1. The molecule has 0 atom stereocenters. The summed E-state index contributed by atoms with van der Waals surface area (Å²) in [6.07, 6.45) is 1.43. The molecule has 0 aliphatic heterocycles. The van der Waals surface area contributed by atoms with Crippen LogP contribution in [0.15, 0.2) is 48.5 Å². The van der Waals surface area contributed by atoms with Crippen molar-refractivity contribution in [3.8, 4) is 5.75 Å². The summed E-state index contributed by atoms with van der Waals surface area (Å²) >= 11 is 5.74. The molecule has 1 N–H and O–H groups in total. The zero-order valence-corrected chi connectivity index (χ0v) is 9.63. The molecule has 0 aromatic heterocycles. The first kappa shape index (κ1) is 11.5. The topological polar surface area (TPSA) is 46.3 Å². The summed E-state index contributed by atoms with van der Waals surface area (Å²) in [4.78, 5) is 0. The third-order valence-electron chi connectivity index (χ3n) is 2.24. The highest BCUT2D eigenvalue weighted by Gasteiger charge is 2.01. The smallest absolute Gasteiger partial charge is 0.216 e. The maximum Gasteiger partial charge on any atom is 0.216 e. The van der Waals surface area contributed by atoms with E-state index in [4.69, 9.17) is 16.7 Å². The minimum absolute atomic E-state index is 0.172. The first-order valence-corrected chi connectivity index (χ1v) is 5.39. The summed E-state index contributed by atoms with van der Waals surface area (Å²) in [6, 6.07) is 13.0. The molecule has 0 saturated carbocycles. The van der Waals surface area contributed by atoms with E-state index in [1.165, 1.54) is 18.3 Å². The van der Waals surface area contributed by atoms with Crippen LogP contribution in [0.3, 0.4) is 0 Å². The first-order chi connectivity index (χ1) is 8.15. The van der Waals surface area contributed by atoms with E-state index in [1.807, 2.05) is 0 Å². The Morgan fingerprint density at radius 1 is 1.00 bits per heavy atom. The Labute approximate surface area is 104 Å². The number of benzene rings is 2. The molecule has 2 aromatic rings. The summed E-state index contributed by atoms with van der Waals surface area (Å²) in [5, 5.41) is 21.5. The minimum Gasteiger partial charge on any atom is -0.618 e. The van der Waals surface area contributed by atoms with Gasteiger partial charge in [-0.05, 0) is 36.4 Å². The van der Waals surface area contributed by atoms with Gasteiger partial charge in [-0.1, -0.05) is 11.6 Å². The monoisotopic (exact) mass is 247 g/mol. The molecule has 2 rings (SSSR count). The number of rotatable bonds is 2. The van der Waals surface area contributed by atoms with Crippen LogP contribution < -0.4 is 0 Å². The van der Waals surface area contributed by atoms with Crippen molar-refractivity contribution >= 4 is 23.5 Å². The third-order valence-corrected chi connectivity index (χ3v) is 2.49. The number of halogens is 1. The molecule has 2 aromatic carbocycles. The van der Waals surface area contributed by atoms with Crippen LogP contribution in [0.2, 0.25) is 5.02 Å². The predicted molar refractivity (Wildman–Crippen MR) is 68.0 cm³/mol. The van der Waals surface area contributed by atoms with Crippen molar-refractivity contribution in [1.29, 1.82) is 0 Å². The first-order valence-electron chi connectivity index (χ1n) is 5.01. The van der Waals surface area contributed by atoms with E-state index in [0.29, 0.717) is 16.3 Å². The standard InChI is InChI=1S/C13H10ClNO2/c14-11-3-5-12(6-4-11)15(17)9-10-1-7-13(16)8-2-10/h1-9,16H/b15-9-. The molecule has 0 bridgehead atoms. The molecular formula is C13H10ClNO2. The van der Waals surface area contributed by atoms with E-state index in [1.54, 1.807) is 36.4 Å². The van der Waals surface area contributed by atoms with Gasteiger partial charge in [0, 0.05) is 22.7 Å². The summed E-state index contributed by atoms with van der Waals surface area (Å²) in [6.45, 7) is 0. The van der Waals surface area contributed by atoms with E-state index in [-0.39, 0.29) is 5.75 Å². The molecule has 0 aliphatic rings. The lowest BCUT2D eigenvalue weighted by molar-refractivity contribution is -0.354. The molecule has 0 heterocycles. The summed E-state index contributed by atoms with van der Waals surface area (Å²) < 4.78 is 0.753. The van der Waals surface area contributed by atoms with Gasteiger partial charge in [0.15, 0.2) is 6.21 Å². The summed E-state index contributed by atoms with van der Waals surface area (Å²) in [5.41, 5.74) is 1.22. The Kier molecular flexibility index (Phi) is 3.30. The Bertz CT molecular complexity index is 532. The van der Waals surface area contributed by atoms with Gasteiger partial charge >= 0.3 is 0 Å². The van der Waals surface area contributed by atoms with Crippen LogP contribution >= 0.6 is 11.6 Å². The molecule has 0 saturated heterocycles. The number of phenols is 1. The number of phenolic OH excluding ortho intramolecular Hbond substituents is 1. The van der Waals surface area contributed by atoms with E-state index >= 15 is 0 Å². The largest absolute Gasteiger partial charge is 0.618 e. The fourth-order valence-corrected chi connectivity index (χ4v) is 1.48. The number of hydrogen-bond acceptors (Lipinski definition) is 2. The van der Waals surface area contributed by atoms with Gasteiger partial charge in [-0.2, -0.15) is 4.74 Å². The maximum atomic E-state index is 11.8. The van der Waals surface area contributed by atoms with E-state index < -0.39 is 0 Å². The van der Waals surface area contributed by atoms with Crippen LogP contribution in [0.1, 0.15) is 5.56 Å². The second kappa shape index (κ2) is 4.89. The SMILES string of the molecule is [O-]/[N+](=C\c1ccc(O)cc1)c1ccc(Cl)cc1. The van der Waals surface area contributed by atoms with E-state index in [0.717, 1.165) is 4.74 Å². The lowest BCUT2D eigenvalue weighted by Gasteiger charge is -2.02. The Balaban J connectivity index is 2.27. The molecule has 0 amide bonds. The number of aromatic hydroxyl groups is 1. The summed E-state index contributed by atoms with van der Waals surface area (Å²) in [7, 11) is 0. The Morgan fingerprint density at radius 2 is 1.59 bits per heavy atom. The van der Waals surface area contributed by atoms with Crippen LogP contribution in [0.25, 0.3) is 0 Å². The number of nitrogens with zero attached hydrogens (tertiary/aromatic N) is 1. The third kappa shape index (κ3) is 2.98. The Hall–Kier alpha value is -2.00. The minimum atomic E-state index is 0.172. The molecule has 0 aliphatic carbocycles. The molecule has 3 nitrogen and oxygen atoms in total. The zero-order valence-electron chi connectivity index (χ0n) is 8.88. The van der Waals surface area contributed by atoms with Gasteiger partial charge in [-0.15, -0.1) is 0 Å². The van der Waals surface area contributed by atoms with Gasteiger partial charge in [-0.25, -0.2) is 0 Å². The fourth-order valence-electron chi connectivity index (χ4n) is 1.36. The molecule has 0 spiro atoms. The highest BCUT2D eigenvalue weighted by molar-refractivity contribution is 6.30. The van der Waals surface area contributed by atoms with Crippen molar-refractivity contribution in [2.24, 2.45) is 0 Å². The van der Waals surface area contributed by atoms with Crippen molar-refractivity contribution in [2.45, 2.75) is 0 Å². The van der Waals surface area contributed by atoms with Gasteiger partial charge in [0.25, 0.3) is 0 Å². The second-order valence-electron chi connectivity index (χ2n) is 3.52. The fraction of sp³-hybridized carbons (Fsp3) is 0. The van der Waals surface area contributed by atoms with Gasteiger partial charge < -0.3 is 10.3 Å². The van der Waals surface area contributed by atoms with Crippen molar-refractivity contribution in [2.75, 3.05) is 0 Å². The van der Waals surface area contributed by atoms with Gasteiger partial charge in [0.2, 0.25) is 5.69 Å². The van der Waals surface area contributed by atoms with E-state index in [2.05, 4.69) is 0 Å². The van der Waals surface area contributed by atoms with Gasteiger partial charge in [0.05, 0.1) is 0 Å². The average molecular weight is 248 g/mol. The zero-order chi connectivity index (χ0) is 12.3. The Morgan fingerprint density at radius 3 is 2.18 bits per heavy atom. The molecule has 17 heavy (non-hydrogen) atoms. The maximum absolute atomic E-state index is 11.8. The van der Waals surface area contributed by atoms with Crippen molar-refractivity contribution < 1.29 is 9.85 Å². The highest BCUT2D eigenvalue weighted by atomic mass is 35.5. The molecule has 4 heteroatoms. The second-order valence-corrected chi connectivity index (χ2v) is 3.96. The van der Waals surface area contributed by atoms with Crippen molar-refractivity contribution in [1.82, 2.24) is 0 Å². The summed E-state index contributed by atoms with van der Waals surface area (Å²) in [5.74, 6) is 0.172. The van der Waals surface area contributed by atoms with Crippen LogP contribution in [0.5, 0.6) is 5.75 Å². The van der Waals surface area contributed by atoms with Gasteiger partial charge in [0.1, 0.15) is 5.75 Å². The molecule has 0 radical (unpaired) electrons. The van der Waals surface area contributed by atoms with Crippen LogP contribution in [-0.4, -0.2) is 16.1 Å². The quantitative estimate of drug-likeness (QED) is 0.383. The molecule has 0 fully saturated rings. The van der Waals surface area contributed by atoms with Gasteiger partial charge in [-0.3, -0.25) is 0 Å². The van der Waals surface area contributed by atoms with Crippen LogP contribution in [0.4, 0.5) is 5.69 Å². The molecule has 86 valence electrons. The lowest BCUT2D eigenvalue weighted by Crippen LogP contribution is -1.98. The van der Waals surface area contributed by atoms with Crippen molar-refractivity contribution in [3.63, 3.8) is 0 Å². The van der Waals surface area contributed by atoms with Crippen molar-refractivity contribution in [3.05, 3.63) is 64.3 Å². The normalized spacial score (nSPS) is 11.5. The average Bonchev–Trinajstić information content (AvgIpc) is 2.33.